The highest BCUT2D eigenvalue weighted by molar-refractivity contribution is 8.00. The van der Waals surface area contributed by atoms with Crippen LogP contribution in [0.4, 0.5) is 0 Å². The van der Waals surface area contributed by atoms with E-state index in [-0.39, 0.29) is 11.8 Å². The maximum Gasteiger partial charge on any atom is 0.234 e. The van der Waals surface area contributed by atoms with Crippen molar-refractivity contribution in [2.24, 2.45) is 5.92 Å². The Labute approximate surface area is 191 Å². The molecule has 2 aromatic carbocycles. The first-order chi connectivity index (χ1) is 14.7. The third kappa shape index (κ3) is 5.09. The third-order valence-corrected chi connectivity index (χ3v) is 6.47. The number of amides is 1. The van der Waals surface area contributed by atoms with Crippen molar-refractivity contribution >= 4 is 29.3 Å². The smallest absolute Gasteiger partial charge is 0.234 e. The highest BCUT2D eigenvalue weighted by Crippen LogP contribution is 2.31. The summed E-state index contributed by atoms with van der Waals surface area (Å²) in [6.45, 7) is 7.35. The molecule has 0 radical (unpaired) electrons. The van der Waals surface area contributed by atoms with Gasteiger partial charge in [0.2, 0.25) is 5.91 Å². The molecule has 31 heavy (non-hydrogen) atoms. The standard InChI is InChI=1S/C23H24ClN5OS/c1-15(2)23(4,14-25)26-21(30)16(3)31-22-28-27-20(17-10-12-18(24)13-11-17)29(22)19-8-6-5-7-9-19/h5-13,15-16H,1-4H3,(H,26,30). The van der Waals surface area contributed by atoms with Crippen LogP contribution in [0.5, 0.6) is 0 Å². The van der Waals surface area contributed by atoms with Crippen LogP contribution in [0.3, 0.4) is 0 Å². The Kier molecular flexibility index (Phi) is 7.04. The summed E-state index contributed by atoms with van der Waals surface area (Å²) in [6.07, 6.45) is 0. The lowest BCUT2D eigenvalue weighted by Gasteiger charge is -2.28. The van der Waals surface area contributed by atoms with E-state index in [1.807, 2.05) is 60.9 Å². The number of hydrogen-bond acceptors (Lipinski definition) is 5. The quantitative estimate of drug-likeness (QED) is 0.502. The molecule has 6 nitrogen and oxygen atoms in total. The van der Waals surface area contributed by atoms with Gasteiger partial charge in [-0.25, -0.2) is 0 Å². The van der Waals surface area contributed by atoms with Gasteiger partial charge in [-0.2, -0.15) is 5.26 Å². The Morgan fingerprint density at radius 3 is 2.35 bits per heavy atom. The van der Waals surface area contributed by atoms with Crippen molar-refractivity contribution < 1.29 is 4.79 Å². The molecule has 0 aliphatic carbocycles. The lowest BCUT2D eigenvalue weighted by molar-refractivity contribution is -0.121. The predicted octanol–water partition coefficient (Wildman–Crippen LogP) is 5.12. The maximum absolute atomic E-state index is 12.8. The minimum Gasteiger partial charge on any atom is -0.337 e. The minimum absolute atomic E-state index is 0.0249. The van der Waals surface area contributed by atoms with Crippen LogP contribution in [0, 0.1) is 17.2 Å². The lowest BCUT2D eigenvalue weighted by Crippen LogP contribution is -2.51. The van der Waals surface area contributed by atoms with Gasteiger partial charge < -0.3 is 5.32 Å². The van der Waals surface area contributed by atoms with Gasteiger partial charge in [0.1, 0.15) is 5.54 Å². The lowest BCUT2D eigenvalue weighted by atomic mass is 9.90. The monoisotopic (exact) mass is 453 g/mol. The van der Waals surface area contributed by atoms with Crippen molar-refractivity contribution in [1.29, 1.82) is 5.26 Å². The molecular formula is C23H24ClN5OS. The van der Waals surface area contributed by atoms with Gasteiger partial charge in [0.25, 0.3) is 0 Å². The second-order valence-electron chi connectivity index (χ2n) is 7.70. The van der Waals surface area contributed by atoms with Crippen LogP contribution >= 0.6 is 23.4 Å². The van der Waals surface area contributed by atoms with Gasteiger partial charge in [0.05, 0.1) is 11.3 Å². The van der Waals surface area contributed by atoms with E-state index >= 15 is 0 Å². The van der Waals surface area contributed by atoms with E-state index in [9.17, 15) is 10.1 Å². The molecule has 2 unspecified atom stereocenters. The van der Waals surface area contributed by atoms with E-state index in [1.165, 1.54) is 11.8 Å². The molecule has 1 aromatic heterocycles. The fourth-order valence-electron chi connectivity index (χ4n) is 2.81. The normalized spacial score (nSPS) is 14.0. The van der Waals surface area contributed by atoms with Crippen molar-refractivity contribution in [3.05, 3.63) is 59.6 Å². The number of carbonyl (C=O) groups is 1. The summed E-state index contributed by atoms with van der Waals surface area (Å²) in [6, 6.07) is 19.3. The summed E-state index contributed by atoms with van der Waals surface area (Å²) in [5, 5.41) is 21.9. The molecule has 1 amide bonds. The van der Waals surface area contributed by atoms with Gasteiger partial charge in [-0.3, -0.25) is 9.36 Å². The molecule has 3 rings (SSSR count). The summed E-state index contributed by atoms with van der Waals surface area (Å²) >= 11 is 7.33. The summed E-state index contributed by atoms with van der Waals surface area (Å²) < 4.78 is 1.92. The first-order valence-corrected chi connectivity index (χ1v) is 11.2. The highest BCUT2D eigenvalue weighted by atomic mass is 35.5. The molecule has 0 aliphatic rings. The zero-order valence-corrected chi connectivity index (χ0v) is 19.4. The fourth-order valence-corrected chi connectivity index (χ4v) is 3.81. The average Bonchev–Trinajstić information content (AvgIpc) is 3.17. The molecule has 0 spiro atoms. The van der Waals surface area contributed by atoms with Crippen LogP contribution in [0.2, 0.25) is 5.02 Å². The van der Waals surface area contributed by atoms with E-state index in [0.717, 1.165) is 11.3 Å². The van der Waals surface area contributed by atoms with Crippen molar-refractivity contribution in [3.63, 3.8) is 0 Å². The molecule has 0 saturated carbocycles. The number of hydrogen-bond donors (Lipinski definition) is 1. The number of benzene rings is 2. The molecule has 0 aliphatic heterocycles. The number of nitrogens with zero attached hydrogens (tertiary/aromatic N) is 4. The topological polar surface area (TPSA) is 83.6 Å². The Balaban J connectivity index is 1.94. The molecule has 8 heteroatoms. The van der Waals surface area contributed by atoms with Gasteiger partial charge in [-0.05, 0) is 56.2 Å². The van der Waals surface area contributed by atoms with E-state index < -0.39 is 10.8 Å². The number of carbonyl (C=O) groups excluding carboxylic acids is 1. The van der Waals surface area contributed by atoms with Gasteiger partial charge in [0.15, 0.2) is 11.0 Å². The van der Waals surface area contributed by atoms with Crippen LogP contribution in [0.25, 0.3) is 17.1 Å². The van der Waals surface area contributed by atoms with Gasteiger partial charge in [0, 0.05) is 16.3 Å². The molecule has 0 fully saturated rings. The molecule has 1 heterocycles. The fraction of sp³-hybridized carbons (Fsp3) is 0.304. The second kappa shape index (κ2) is 9.54. The van der Waals surface area contributed by atoms with Gasteiger partial charge in [-0.1, -0.05) is 55.4 Å². The van der Waals surface area contributed by atoms with Gasteiger partial charge in [-0.15, -0.1) is 10.2 Å². The Hall–Kier alpha value is -2.82. The summed E-state index contributed by atoms with van der Waals surface area (Å²) in [4.78, 5) is 12.8. The molecule has 3 aromatic rings. The van der Waals surface area contributed by atoms with Crippen LogP contribution in [0.15, 0.2) is 59.8 Å². The van der Waals surface area contributed by atoms with Crippen molar-refractivity contribution in [1.82, 2.24) is 20.1 Å². The Bertz CT molecular complexity index is 1090. The van der Waals surface area contributed by atoms with Gasteiger partial charge >= 0.3 is 0 Å². The first-order valence-electron chi connectivity index (χ1n) is 9.92. The van der Waals surface area contributed by atoms with Crippen molar-refractivity contribution in [2.75, 3.05) is 0 Å². The van der Waals surface area contributed by atoms with Crippen LogP contribution in [0.1, 0.15) is 27.7 Å². The summed E-state index contributed by atoms with van der Waals surface area (Å²) in [5.41, 5.74) is 0.811. The third-order valence-electron chi connectivity index (χ3n) is 5.17. The molecule has 0 bridgehead atoms. The first kappa shape index (κ1) is 22.9. The zero-order valence-electron chi connectivity index (χ0n) is 17.8. The second-order valence-corrected chi connectivity index (χ2v) is 9.45. The van der Waals surface area contributed by atoms with Crippen LogP contribution in [-0.2, 0) is 4.79 Å². The predicted molar refractivity (Wildman–Crippen MR) is 124 cm³/mol. The van der Waals surface area contributed by atoms with E-state index in [2.05, 4.69) is 21.6 Å². The SMILES string of the molecule is CC(Sc1nnc(-c2ccc(Cl)cc2)n1-c1ccccc1)C(=O)NC(C)(C#N)C(C)C. The molecule has 2 atom stereocenters. The number of aromatic nitrogens is 3. The summed E-state index contributed by atoms with van der Waals surface area (Å²) in [5.74, 6) is 0.406. The Morgan fingerprint density at radius 2 is 1.77 bits per heavy atom. The molecule has 1 N–H and O–H groups in total. The van der Waals surface area contributed by atoms with E-state index in [0.29, 0.717) is 16.0 Å². The summed E-state index contributed by atoms with van der Waals surface area (Å²) in [7, 11) is 0. The van der Waals surface area contributed by atoms with Crippen molar-refractivity contribution in [2.45, 2.75) is 43.6 Å². The number of nitriles is 1. The molecule has 160 valence electrons. The zero-order chi connectivity index (χ0) is 22.6. The maximum atomic E-state index is 12.8. The number of halogens is 1. The van der Waals surface area contributed by atoms with E-state index in [4.69, 9.17) is 11.6 Å². The van der Waals surface area contributed by atoms with E-state index in [1.54, 1.807) is 26.0 Å². The molecule has 0 saturated heterocycles. The minimum atomic E-state index is -0.937. The number of para-hydroxylation sites is 1. The van der Waals surface area contributed by atoms with Crippen LogP contribution < -0.4 is 5.32 Å². The molecular weight excluding hydrogens is 430 g/mol. The number of thioether (sulfide) groups is 1. The van der Waals surface area contributed by atoms with Crippen molar-refractivity contribution in [3.8, 4) is 23.1 Å². The average molecular weight is 454 g/mol. The highest BCUT2D eigenvalue weighted by Gasteiger charge is 2.32. The Morgan fingerprint density at radius 1 is 1.13 bits per heavy atom. The number of rotatable bonds is 7. The van der Waals surface area contributed by atoms with Crippen LogP contribution in [-0.4, -0.2) is 31.5 Å². The largest absolute Gasteiger partial charge is 0.337 e. The number of nitrogens with one attached hydrogen (secondary N) is 1.